The van der Waals surface area contributed by atoms with Gasteiger partial charge in [0.1, 0.15) is 0 Å². The first-order valence-corrected chi connectivity index (χ1v) is 8.31. The molecule has 2 unspecified atom stereocenters. The van der Waals surface area contributed by atoms with Crippen LogP contribution < -0.4 is 0 Å². The minimum atomic E-state index is -2.53. The summed E-state index contributed by atoms with van der Waals surface area (Å²) in [5.74, 6) is -1.98. The van der Waals surface area contributed by atoms with E-state index in [0.717, 1.165) is 6.42 Å². The molecule has 0 heterocycles. The van der Waals surface area contributed by atoms with E-state index < -0.39 is 5.92 Å². The first-order valence-electron chi connectivity index (χ1n) is 8.31. The number of hydrogen-bond donors (Lipinski definition) is 0. The average molecular weight is 288 g/mol. The maximum absolute atomic E-state index is 14.3. The lowest BCUT2D eigenvalue weighted by Gasteiger charge is -2.39. The molecule has 0 nitrogen and oxygen atoms in total. The molecule has 0 N–H and O–H groups in total. The summed E-state index contributed by atoms with van der Waals surface area (Å²) in [5, 5.41) is 0. The zero-order valence-electron chi connectivity index (χ0n) is 14.4. The minimum absolute atomic E-state index is 0.00249. The van der Waals surface area contributed by atoms with E-state index in [-0.39, 0.29) is 29.6 Å². The van der Waals surface area contributed by atoms with E-state index in [0.29, 0.717) is 5.92 Å². The second kappa shape index (κ2) is 6.32. The zero-order valence-corrected chi connectivity index (χ0v) is 14.4. The van der Waals surface area contributed by atoms with Crippen molar-refractivity contribution in [2.45, 2.75) is 92.4 Å². The molecule has 0 aliphatic heterocycles. The Morgan fingerprint density at radius 1 is 1.10 bits per heavy atom. The van der Waals surface area contributed by atoms with Gasteiger partial charge in [0, 0.05) is 12.8 Å². The van der Waals surface area contributed by atoms with E-state index >= 15 is 0 Å². The summed E-state index contributed by atoms with van der Waals surface area (Å²) >= 11 is 0. The number of rotatable bonds is 4. The van der Waals surface area contributed by atoms with Crippen molar-refractivity contribution in [1.82, 2.24) is 0 Å². The van der Waals surface area contributed by atoms with Crippen molar-refractivity contribution in [3.8, 4) is 0 Å². The first-order chi connectivity index (χ1) is 8.93. The van der Waals surface area contributed by atoms with Crippen LogP contribution in [-0.2, 0) is 0 Å². The Morgan fingerprint density at radius 3 is 2.25 bits per heavy atom. The highest BCUT2D eigenvalue weighted by molar-refractivity contribution is 4.87. The van der Waals surface area contributed by atoms with E-state index in [2.05, 4.69) is 13.8 Å². The third-order valence-electron chi connectivity index (χ3n) is 4.94. The molecule has 0 aromatic heterocycles. The number of hydrogen-bond acceptors (Lipinski definition) is 0. The molecule has 120 valence electrons. The summed E-state index contributed by atoms with van der Waals surface area (Å²) in [7, 11) is 0. The van der Waals surface area contributed by atoms with Crippen molar-refractivity contribution >= 4 is 0 Å². The zero-order chi connectivity index (χ0) is 15.6. The van der Waals surface area contributed by atoms with Crippen molar-refractivity contribution in [3.05, 3.63) is 0 Å². The van der Waals surface area contributed by atoms with Gasteiger partial charge in [0.15, 0.2) is 0 Å². The van der Waals surface area contributed by atoms with Crippen LogP contribution in [0.25, 0.3) is 0 Å². The van der Waals surface area contributed by atoms with Gasteiger partial charge in [-0.15, -0.1) is 0 Å². The van der Waals surface area contributed by atoms with Crippen LogP contribution in [0.4, 0.5) is 8.78 Å². The highest BCUT2D eigenvalue weighted by atomic mass is 19.3. The van der Waals surface area contributed by atoms with Crippen molar-refractivity contribution < 1.29 is 8.78 Å². The molecule has 0 aromatic carbocycles. The Bertz CT molecular complexity index is 299. The molecular weight excluding hydrogens is 254 g/mol. The van der Waals surface area contributed by atoms with Gasteiger partial charge in [-0.1, -0.05) is 60.8 Å². The van der Waals surface area contributed by atoms with Gasteiger partial charge in [-0.05, 0) is 35.5 Å². The molecule has 1 rings (SSSR count). The molecule has 1 fully saturated rings. The van der Waals surface area contributed by atoms with E-state index in [4.69, 9.17) is 0 Å². The minimum Gasteiger partial charge on any atom is -0.207 e. The second-order valence-corrected chi connectivity index (χ2v) is 8.97. The lowest BCUT2D eigenvalue weighted by atomic mass is 9.67. The molecule has 0 radical (unpaired) electrons. The molecular formula is C18H34F2. The molecule has 1 aliphatic rings. The number of halogens is 2. The lowest BCUT2D eigenvalue weighted by Crippen LogP contribution is -2.34. The Labute approximate surface area is 124 Å². The van der Waals surface area contributed by atoms with Gasteiger partial charge in [-0.2, -0.15) is 0 Å². The van der Waals surface area contributed by atoms with Gasteiger partial charge >= 0.3 is 0 Å². The molecule has 0 amide bonds. The molecule has 0 saturated heterocycles. The lowest BCUT2D eigenvalue weighted by molar-refractivity contribution is -0.0669. The maximum Gasteiger partial charge on any atom is 0.248 e. The fourth-order valence-corrected chi connectivity index (χ4v) is 4.21. The predicted octanol–water partition coefficient (Wildman–Crippen LogP) is 6.69. The molecule has 0 spiro atoms. The summed E-state index contributed by atoms with van der Waals surface area (Å²) in [5.41, 5.74) is -0.0874. The van der Waals surface area contributed by atoms with Gasteiger partial charge in [0.2, 0.25) is 5.92 Å². The molecule has 0 bridgehead atoms. The topological polar surface area (TPSA) is 0 Å². The summed E-state index contributed by atoms with van der Waals surface area (Å²) in [4.78, 5) is 0. The molecule has 0 aromatic rings. The normalized spacial score (nSPS) is 26.1. The summed E-state index contributed by atoms with van der Waals surface area (Å²) in [6.07, 6.45) is 6.10. The van der Waals surface area contributed by atoms with Crippen LogP contribution in [-0.4, -0.2) is 5.92 Å². The maximum atomic E-state index is 14.3. The van der Waals surface area contributed by atoms with Crippen LogP contribution in [0.1, 0.15) is 86.5 Å². The van der Waals surface area contributed by atoms with E-state index in [1.165, 1.54) is 25.7 Å². The van der Waals surface area contributed by atoms with Crippen molar-refractivity contribution in [2.24, 2.45) is 22.7 Å². The van der Waals surface area contributed by atoms with Crippen LogP contribution in [0.3, 0.4) is 0 Å². The summed E-state index contributed by atoms with van der Waals surface area (Å²) in [6, 6.07) is 0. The second-order valence-electron chi connectivity index (χ2n) is 8.97. The summed E-state index contributed by atoms with van der Waals surface area (Å²) < 4.78 is 28.6. The Morgan fingerprint density at radius 2 is 1.70 bits per heavy atom. The molecule has 2 heteroatoms. The van der Waals surface area contributed by atoms with Crippen LogP contribution in [0, 0.1) is 22.7 Å². The summed E-state index contributed by atoms with van der Waals surface area (Å²) in [6.45, 7) is 12.3. The monoisotopic (exact) mass is 288 g/mol. The van der Waals surface area contributed by atoms with E-state index in [1.54, 1.807) is 0 Å². The van der Waals surface area contributed by atoms with Gasteiger partial charge in [-0.25, -0.2) is 8.78 Å². The van der Waals surface area contributed by atoms with E-state index in [1.807, 2.05) is 27.7 Å². The largest absolute Gasteiger partial charge is 0.248 e. The average Bonchev–Trinajstić information content (AvgIpc) is 2.33. The van der Waals surface area contributed by atoms with Gasteiger partial charge in [0.25, 0.3) is 0 Å². The third-order valence-corrected chi connectivity index (χ3v) is 4.94. The Hall–Kier alpha value is -0.140. The quantitative estimate of drug-likeness (QED) is 0.505. The van der Waals surface area contributed by atoms with Gasteiger partial charge < -0.3 is 0 Å². The van der Waals surface area contributed by atoms with Crippen molar-refractivity contribution in [2.75, 3.05) is 0 Å². The highest BCUT2D eigenvalue weighted by Gasteiger charge is 2.41. The van der Waals surface area contributed by atoms with E-state index in [9.17, 15) is 8.78 Å². The van der Waals surface area contributed by atoms with Crippen LogP contribution in [0.15, 0.2) is 0 Å². The standard InChI is InChI=1S/C18H34F2/c1-14(12-18(19,20)13-16(2,3)4)15-10-8-7-9-11-17(15,5)6/h14-15H,7-13H2,1-6H3. The fraction of sp³-hybridized carbons (Fsp3) is 1.00. The molecule has 1 aliphatic carbocycles. The van der Waals surface area contributed by atoms with Crippen LogP contribution in [0.5, 0.6) is 0 Å². The van der Waals surface area contributed by atoms with Crippen molar-refractivity contribution in [3.63, 3.8) is 0 Å². The SMILES string of the molecule is CC(CC(F)(F)CC(C)(C)C)C1CCCCCC1(C)C. The highest BCUT2D eigenvalue weighted by Crippen LogP contribution is 2.47. The van der Waals surface area contributed by atoms with Gasteiger partial charge in [0.05, 0.1) is 0 Å². The van der Waals surface area contributed by atoms with Gasteiger partial charge in [-0.3, -0.25) is 0 Å². The predicted molar refractivity (Wildman–Crippen MR) is 83.2 cm³/mol. The molecule has 20 heavy (non-hydrogen) atoms. The third kappa shape index (κ3) is 5.69. The fourth-order valence-electron chi connectivity index (χ4n) is 4.21. The number of alkyl halides is 2. The molecule has 2 atom stereocenters. The van der Waals surface area contributed by atoms with Crippen LogP contribution >= 0.6 is 0 Å². The molecule has 1 saturated carbocycles. The smallest absolute Gasteiger partial charge is 0.207 e. The Balaban J connectivity index is 2.70. The van der Waals surface area contributed by atoms with Crippen molar-refractivity contribution in [1.29, 1.82) is 0 Å². The Kier molecular flexibility index (Phi) is 5.66. The first kappa shape index (κ1) is 17.9. The van der Waals surface area contributed by atoms with Crippen LogP contribution in [0.2, 0.25) is 0 Å².